The maximum Gasteiger partial charge on any atom is 0.0615 e. The van der Waals surface area contributed by atoms with Gasteiger partial charge in [0.1, 0.15) is 0 Å². The Morgan fingerprint density at radius 1 is 1.11 bits per heavy atom. The van der Waals surface area contributed by atoms with Crippen LogP contribution in [0.3, 0.4) is 0 Å². The summed E-state index contributed by atoms with van der Waals surface area (Å²) in [6.07, 6.45) is 2.17. The molecular weight excluding hydrogens is 226 g/mol. The number of hydrogen-bond donors (Lipinski definition) is 1. The Hall–Kier alpha value is -0.120. The number of hydroxylamine groups is 2. The molecule has 0 spiro atoms. The summed E-state index contributed by atoms with van der Waals surface area (Å²) in [5.41, 5.74) is -0.307. The highest BCUT2D eigenvalue weighted by atomic mass is 16.5. The van der Waals surface area contributed by atoms with Crippen molar-refractivity contribution in [2.45, 2.75) is 91.5 Å². The van der Waals surface area contributed by atoms with E-state index in [-0.39, 0.29) is 28.7 Å². The van der Waals surface area contributed by atoms with Crippen molar-refractivity contribution >= 4 is 0 Å². The topological polar surface area (TPSA) is 32.7 Å². The molecule has 0 amide bonds. The number of nitrogens with zero attached hydrogens (tertiary/aromatic N) is 1. The van der Waals surface area contributed by atoms with Gasteiger partial charge in [-0.15, -0.1) is 0 Å². The summed E-state index contributed by atoms with van der Waals surface area (Å²) in [6, 6.07) is 0. The largest absolute Gasteiger partial charge is 0.375 e. The average molecular weight is 257 g/mol. The van der Waals surface area contributed by atoms with Crippen LogP contribution in [0.2, 0.25) is 0 Å². The lowest BCUT2D eigenvalue weighted by molar-refractivity contribution is -0.266. The minimum atomic E-state index is -0.232. The molecule has 3 heteroatoms. The van der Waals surface area contributed by atoms with Gasteiger partial charge in [0, 0.05) is 11.1 Å². The maximum atomic E-state index is 10.3. The van der Waals surface area contributed by atoms with Gasteiger partial charge in [-0.25, -0.2) is 0 Å². The second-order valence-corrected chi connectivity index (χ2v) is 8.11. The Balaban J connectivity index is 2.76. The number of ether oxygens (including phenoxy) is 1. The normalized spacial score (nSPS) is 27.2. The highest BCUT2D eigenvalue weighted by molar-refractivity contribution is 4.97. The number of piperidine rings is 1. The van der Waals surface area contributed by atoms with Gasteiger partial charge in [-0.05, 0) is 52.9 Å². The van der Waals surface area contributed by atoms with E-state index in [0.717, 1.165) is 12.8 Å². The lowest BCUT2D eigenvalue weighted by Crippen LogP contribution is -2.61. The van der Waals surface area contributed by atoms with Crippen LogP contribution in [0.15, 0.2) is 0 Å². The molecule has 1 N–H and O–H groups in total. The molecule has 1 unspecified atom stereocenters. The number of hydrogen-bond acceptors (Lipinski definition) is 3. The first kappa shape index (κ1) is 15.9. The minimum absolute atomic E-state index is 0.157. The maximum absolute atomic E-state index is 10.3. The van der Waals surface area contributed by atoms with Crippen LogP contribution in [-0.2, 0) is 4.74 Å². The monoisotopic (exact) mass is 257 g/mol. The molecule has 1 saturated heterocycles. The molecule has 1 aliphatic rings. The zero-order valence-corrected chi connectivity index (χ0v) is 13.4. The van der Waals surface area contributed by atoms with E-state index in [9.17, 15) is 5.21 Å². The fraction of sp³-hybridized carbons (Fsp3) is 1.00. The van der Waals surface area contributed by atoms with Crippen LogP contribution in [0.5, 0.6) is 0 Å². The zero-order valence-electron chi connectivity index (χ0n) is 13.4. The van der Waals surface area contributed by atoms with Crippen molar-refractivity contribution < 1.29 is 9.94 Å². The van der Waals surface area contributed by atoms with Crippen LogP contribution in [-0.4, -0.2) is 33.6 Å². The Kier molecular flexibility index (Phi) is 4.22. The lowest BCUT2D eigenvalue weighted by atomic mass is 9.80. The van der Waals surface area contributed by atoms with Crippen LogP contribution < -0.4 is 0 Å². The van der Waals surface area contributed by atoms with E-state index in [0.29, 0.717) is 0 Å². The molecule has 1 rings (SSSR count). The summed E-state index contributed by atoms with van der Waals surface area (Å²) < 4.78 is 6.24. The molecule has 0 aromatic rings. The first-order valence-electron chi connectivity index (χ1n) is 7.01. The zero-order chi connectivity index (χ0) is 14.4. The molecule has 0 bridgehead atoms. The predicted octanol–water partition coefficient (Wildman–Crippen LogP) is 3.85. The molecule has 0 radical (unpaired) electrons. The van der Waals surface area contributed by atoms with Gasteiger partial charge in [0.2, 0.25) is 0 Å². The first-order valence-corrected chi connectivity index (χ1v) is 7.01. The van der Waals surface area contributed by atoms with Crippen molar-refractivity contribution in [1.82, 2.24) is 5.06 Å². The number of rotatable bonds is 2. The SMILES string of the molecule is CC(OC1CC(C)(C)N(O)C(C)(C)C1)C(C)(C)C. The Morgan fingerprint density at radius 2 is 1.50 bits per heavy atom. The predicted molar refractivity (Wildman–Crippen MR) is 74.8 cm³/mol. The van der Waals surface area contributed by atoms with E-state index in [4.69, 9.17) is 4.74 Å². The quantitative estimate of drug-likeness (QED) is 0.815. The van der Waals surface area contributed by atoms with Gasteiger partial charge in [0.05, 0.1) is 12.2 Å². The van der Waals surface area contributed by atoms with E-state index < -0.39 is 0 Å². The fourth-order valence-corrected chi connectivity index (χ4v) is 2.77. The highest BCUT2D eigenvalue weighted by Gasteiger charge is 2.46. The fourth-order valence-electron chi connectivity index (χ4n) is 2.77. The molecular formula is C15H31NO2. The van der Waals surface area contributed by atoms with Crippen molar-refractivity contribution in [2.75, 3.05) is 0 Å². The van der Waals surface area contributed by atoms with Crippen LogP contribution in [0, 0.1) is 5.41 Å². The van der Waals surface area contributed by atoms with Crippen molar-refractivity contribution in [3.8, 4) is 0 Å². The van der Waals surface area contributed by atoms with Crippen molar-refractivity contribution in [2.24, 2.45) is 5.41 Å². The lowest BCUT2D eigenvalue weighted by Gasteiger charge is -2.52. The smallest absolute Gasteiger partial charge is 0.0615 e. The summed E-state index contributed by atoms with van der Waals surface area (Å²) in [5, 5.41) is 11.8. The molecule has 1 heterocycles. The first-order chi connectivity index (χ1) is 7.86. The van der Waals surface area contributed by atoms with Gasteiger partial charge in [-0.1, -0.05) is 20.8 Å². The second-order valence-electron chi connectivity index (χ2n) is 8.11. The summed E-state index contributed by atoms with van der Waals surface area (Å²) in [6.45, 7) is 17.1. The summed E-state index contributed by atoms with van der Waals surface area (Å²) in [4.78, 5) is 0. The second kappa shape index (κ2) is 4.77. The average Bonchev–Trinajstić information content (AvgIpc) is 2.11. The van der Waals surface area contributed by atoms with Crippen LogP contribution in [0.4, 0.5) is 0 Å². The van der Waals surface area contributed by atoms with Gasteiger partial charge >= 0.3 is 0 Å². The Labute approximate surface area is 112 Å². The summed E-state index contributed by atoms with van der Waals surface area (Å²) in [7, 11) is 0. The van der Waals surface area contributed by atoms with E-state index in [1.165, 1.54) is 5.06 Å². The molecule has 1 fully saturated rings. The van der Waals surface area contributed by atoms with E-state index in [1.807, 2.05) is 0 Å². The Morgan fingerprint density at radius 3 is 1.83 bits per heavy atom. The van der Waals surface area contributed by atoms with E-state index in [1.54, 1.807) is 0 Å². The van der Waals surface area contributed by atoms with Crippen molar-refractivity contribution in [3.63, 3.8) is 0 Å². The highest BCUT2D eigenvalue weighted by Crippen LogP contribution is 2.39. The van der Waals surface area contributed by atoms with Crippen LogP contribution in [0.1, 0.15) is 68.2 Å². The third-order valence-corrected chi connectivity index (χ3v) is 4.22. The molecule has 108 valence electrons. The van der Waals surface area contributed by atoms with Crippen LogP contribution in [0.25, 0.3) is 0 Å². The van der Waals surface area contributed by atoms with E-state index in [2.05, 4.69) is 55.4 Å². The standard InChI is InChI=1S/C15H31NO2/c1-11(13(2,3)4)18-12-9-14(5,6)16(17)15(7,8)10-12/h11-12,17H,9-10H2,1-8H3. The van der Waals surface area contributed by atoms with Crippen molar-refractivity contribution in [3.05, 3.63) is 0 Å². The summed E-state index contributed by atoms with van der Waals surface area (Å²) >= 11 is 0. The minimum Gasteiger partial charge on any atom is -0.375 e. The molecule has 0 aromatic heterocycles. The van der Waals surface area contributed by atoms with Gasteiger partial charge in [-0.3, -0.25) is 0 Å². The molecule has 3 nitrogen and oxygen atoms in total. The van der Waals surface area contributed by atoms with Gasteiger partial charge in [-0.2, -0.15) is 5.06 Å². The molecule has 1 aliphatic heterocycles. The third kappa shape index (κ3) is 3.46. The summed E-state index contributed by atoms with van der Waals surface area (Å²) in [5.74, 6) is 0. The molecule has 0 saturated carbocycles. The molecule has 18 heavy (non-hydrogen) atoms. The van der Waals surface area contributed by atoms with Crippen molar-refractivity contribution in [1.29, 1.82) is 0 Å². The molecule has 0 aromatic carbocycles. The van der Waals surface area contributed by atoms with Gasteiger partial charge in [0.15, 0.2) is 0 Å². The van der Waals surface area contributed by atoms with Gasteiger partial charge < -0.3 is 9.94 Å². The van der Waals surface area contributed by atoms with Gasteiger partial charge in [0.25, 0.3) is 0 Å². The third-order valence-electron chi connectivity index (χ3n) is 4.22. The van der Waals surface area contributed by atoms with Crippen LogP contribution >= 0.6 is 0 Å². The molecule has 1 atom stereocenters. The Bertz CT molecular complexity index is 273. The van der Waals surface area contributed by atoms with E-state index >= 15 is 0 Å². The molecule has 0 aliphatic carbocycles.